The van der Waals surface area contributed by atoms with Crippen molar-refractivity contribution in [2.45, 2.75) is 26.7 Å². The lowest BCUT2D eigenvalue weighted by molar-refractivity contribution is 0.208. The third-order valence-corrected chi connectivity index (χ3v) is 6.01. The molecule has 2 amide bonds. The standard InChI is InChI=1S/C23H30N4O/c1-18-5-6-20(17-19(18)2)24-23(28)27-15-13-26(14-16-27)22-9-7-21(8-10-22)25-11-3-4-12-25/h5-10,17H,3-4,11-16H2,1-2H3,(H,24,28). The zero-order valence-corrected chi connectivity index (χ0v) is 16.9. The number of nitrogens with one attached hydrogen (secondary N) is 1. The van der Waals surface area contributed by atoms with Crippen LogP contribution in [0, 0.1) is 13.8 Å². The highest BCUT2D eigenvalue weighted by Gasteiger charge is 2.22. The zero-order chi connectivity index (χ0) is 19.5. The predicted octanol–water partition coefficient (Wildman–Crippen LogP) is 4.26. The molecule has 0 bridgehead atoms. The Bertz CT molecular complexity index is 819. The van der Waals surface area contributed by atoms with Gasteiger partial charge in [0.1, 0.15) is 0 Å². The van der Waals surface area contributed by atoms with Gasteiger partial charge in [0.05, 0.1) is 0 Å². The lowest BCUT2D eigenvalue weighted by Gasteiger charge is -2.36. The molecule has 0 saturated carbocycles. The van der Waals surface area contributed by atoms with Gasteiger partial charge in [0.15, 0.2) is 0 Å². The Hall–Kier alpha value is -2.69. The molecule has 28 heavy (non-hydrogen) atoms. The number of carbonyl (C=O) groups excluding carboxylic acids is 1. The van der Waals surface area contributed by atoms with E-state index in [9.17, 15) is 4.79 Å². The van der Waals surface area contributed by atoms with Crippen LogP contribution in [-0.2, 0) is 0 Å². The minimum Gasteiger partial charge on any atom is -0.372 e. The summed E-state index contributed by atoms with van der Waals surface area (Å²) < 4.78 is 0. The monoisotopic (exact) mass is 378 g/mol. The number of aryl methyl sites for hydroxylation is 2. The van der Waals surface area contributed by atoms with Crippen molar-refractivity contribution in [3.8, 4) is 0 Å². The summed E-state index contributed by atoms with van der Waals surface area (Å²) in [5, 5.41) is 3.04. The van der Waals surface area contributed by atoms with Crippen molar-refractivity contribution >= 4 is 23.1 Å². The van der Waals surface area contributed by atoms with Gasteiger partial charge in [-0.1, -0.05) is 6.07 Å². The molecule has 0 radical (unpaired) electrons. The van der Waals surface area contributed by atoms with Gasteiger partial charge in [0, 0.05) is 56.3 Å². The fourth-order valence-corrected chi connectivity index (χ4v) is 4.04. The summed E-state index contributed by atoms with van der Waals surface area (Å²) in [5.41, 5.74) is 5.88. The number of amides is 2. The second kappa shape index (κ2) is 8.13. The first-order chi connectivity index (χ1) is 13.6. The largest absolute Gasteiger partial charge is 0.372 e. The number of carbonyl (C=O) groups is 1. The summed E-state index contributed by atoms with van der Waals surface area (Å²) in [5.74, 6) is 0. The van der Waals surface area contributed by atoms with Crippen LogP contribution in [0.25, 0.3) is 0 Å². The summed E-state index contributed by atoms with van der Waals surface area (Å²) in [6.07, 6.45) is 2.60. The van der Waals surface area contributed by atoms with Crippen LogP contribution < -0.4 is 15.1 Å². The molecular formula is C23H30N4O. The van der Waals surface area contributed by atoms with Gasteiger partial charge < -0.3 is 20.0 Å². The van der Waals surface area contributed by atoms with Gasteiger partial charge in [-0.25, -0.2) is 4.79 Å². The summed E-state index contributed by atoms with van der Waals surface area (Å²) in [4.78, 5) is 19.3. The number of benzene rings is 2. The van der Waals surface area contributed by atoms with Gasteiger partial charge >= 0.3 is 6.03 Å². The first-order valence-corrected chi connectivity index (χ1v) is 10.3. The smallest absolute Gasteiger partial charge is 0.321 e. The Morgan fingerprint density at radius 1 is 0.750 bits per heavy atom. The molecule has 148 valence electrons. The van der Waals surface area contributed by atoms with E-state index in [1.807, 2.05) is 17.0 Å². The summed E-state index contributed by atoms with van der Waals surface area (Å²) in [6, 6.07) is 15.0. The van der Waals surface area contributed by atoms with Crippen LogP contribution in [0.5, 0.6) is 0 Å². The fraction of sp³-hybridized carbons (Fsp3) is 0.435. The van der Waals surface area contributed by atoms with E-state index >= 15 is 0 Å². The Morgan fingerprint density at radius 2 is 1.32 bits per heavy atom. The average Bonchev–Trinajstić information content (AvgIpc) is 3.26. The number of anilines is 3. The number of nitrogens with zero attached hydrogens (tertiary/aromatic N) is 3. The van der Waals surface area contributed by atoms with Crippen molar-refractivity contribution in [2.24, 2.45) is 0 Å². The number of urea groups is 1. The van der Waals surface area contributed by atoms with Crippen LogP contribution in [0.3, 0.4) is 0 Å². The lowest BCUT2D eigenvalue weighted by atomic mass is 10.1. The minimum atomic E-state index is -0.00714. The molecule has 2 aromatic rings. The molecule has 5 nitrogen and oxygen atoms in total. The molecule has 2 aliphatic rings. The van der Waals surface area contributed by atoms with Gasteiger partial charge in [-0.3, -0.25) is 0 Å². The van der Waals surface area contributed by atoms with E-state index in [0.717, 1.165) is 31.9 Å². The SMILES string of the molecule is Cc1ccc(NC(=O)N2CCN(c3ccc(N4CCCC4)cc3)CC2)cc1C. The molecule has 2 fully saturated rings. The normalized spacial score (nSPS) is 17.1. The molecule has 1 N–H and O–H groups in total. The fourth-order valence-electron chi connectivity index (χ4n) is 4.04. The van der Waals surface area contributed by atoms with Crippen molar-refractivity contribution in [3.63, 3.8) is 0 Å². The third kappa shape index (κ3) is 4.08. The Labute approximate surface area is 167 Å². The van der Waals surface area contributed by atoms with Crippen LogP contribution in [0.1, 0.15) is 24.0 Å². The van der Waals surface area contributed by atoms with Crippen LogP contribution in [0.2, 0.25) is 0 Å². The van der Waals surface area contributed by atoms with Crippen molar-refractivity contribution < 1.29 is 4.79 Å². The van der Waals surface area contributed by atoms with E-state index in [1.54, 1.807) is 0 Å². The van der Waals surface area contributed by atoms with Crippen LogP contribution in [0.15, 0.2) is 42.5 Å². The van der Waals surface area contributed by atoms with Crippen LogP contribution >= 0.6 is 0 Å². The molecule has 0 atom stereocenters. The van der Waals surface area contributed by atoms with Gasteiger partial charge in [0.2, 0.25) is 0 Å². The first-order valence-electron chi connectivity index (χ1n) is 10.3. The van der Waals surface area contributed by atoms with Gasteiger partial charge in [0.25, 0.3) is 0 Å². The van der Waals surface area contributed by atoms with Gasteiger partial charge in [-0.05, 0) is 74.2 Å². The highest BCUT2D eigenvalue weighted by molar-refractivity contribution is 5.89. The summed E-state index contributed by atoms with van der Waals surface area (Å²) in [6.45, 7) is 9.71. The molecule has 0 unspecified atom stereocenters. The Morgan fingerprint density at radius 3 is 1.89 bits per heavy atom. The number of rotatable bonds is 3. The molecule has 5 heteroatoms. The molecule has 2 aliphatic heterocycles. The first kappa shape index (κ1) is 18.7. The molecular weight excluding hydrogens is 348 g/mol. The Kier molecular flexibility index (Phi) is 5.42. The number of piperazine rings is 1. The van der Waals surface area contributed by atoms with Crippen molar-refractivity contribution in [1.29, 1.82) is 0 Å². The van der Waals surface area contributed by atoms with Gasteiger partial charge in [-0.15, -0.1) is 0 Å². The lowest BCUT2D eigenvalue weighted by Crippen LogP contribution is -2.50. The van der Waals surface area contributed by atoms with E-state index in [1.165, 1.54) is 48.4 Å². The molecule has 0 spiro atoms. The molecule has 2 saturated heterocycles. The maximum atomic E-state index is 12.6. The van der Waals surface area contributed by atoms with Crippen molar-refractivity contribution in [1.82, 2.24) is 4.90 Å². The van der Waals surface area contributed by atoms with Gasteiger partial charge in [-0.2, -0.15) is 0 Å². The second-order valence-electron chi connectivity index (χ2n) is 7.91. The van der Waals surface area contributed by atoms with E-state index in [0.29, 0.717) is 0 Å². The van der Waals surface area contributed by atoms with E-state index < -0.39 is 0 Å². The highest BCUT2D eigenvalue weighted by Crippen LogP contribution is 2.24. The van der Waals surface area contributed by atoms with E-state index in [4.69, 9.17) is 0 Å². The maximum absolute atomic E-state index is 12.6. The minimum absolute atomic E-state index is 0.00714. The zero-order valence-electron chi connectivity index (χ0n) is 16.9. The average molecular weight is 379 g/mol. The number of hydrogen-bond acceptors (Lipinski definition) is 3. The molecule has 4 rings (SSSR count). The maximum Gasteiger partial charge on any atom is 0.321 e. The second-order valence-corrected chi connectivity index (χ2v) is 7.91. The third-order valence-electron chi connectivity index (χ3n) is 6.01. The van der Waals surface area contributed by atoms with E-state index in [2.05, 4.69) is 59.3 Å². The quantitative estimate of drug-likeness (QED) is 0.867. The van der Waals surface area contributed by atoms with E-state index in [-0.39, 0.29) is 6.03 Å². The predicted molar refractivity (Wildman–Crippen MR) is 117 cm³/mol. The Balaban J connectivity index is 1.31. The molecule has 0 aromatic heterocycles. The van der Waals surface area contributed by atoms with Crippen LogP contribution in [-0.4, -0.2) is 50.2 Å². The van der Waals surface area contributed by atoms with Crippen LogP contribution in [0.4, 0.5) is 21.9 Å². The van der Waals surface area contributed by atoms with Crippen molar-refractivity contribution in [2.75, 3.05) is 54.4 Å². The summed E-state index contributed by atoms with van der Waals surface area (Å²) >= 11 is 0. The van der Waals surface area contributed by atoms with Crippen molar-refractivity contribution in [3.05, 3.63) is 53.6 Å². The summed E-state index contributed by atoms with van der Waals surface area (Å²) in [7, 11) is 0. The molecule has 0 aliphatic carbocycles. The molecule has 2 aromatic carbocycles. The molecule has 2 heterocycles. The number of hydrogen-bond donors (Lipinski definition) is 1. The topological polar surface area (TPSA) is 38.8 Å². The highest BCUT2D eigenvalue weighted by atomic mass is 16.2.